The van der Waals surface area contributed by atoms with E-state index in [9.17, 15) is 9.59 Å². The molecule has 0 bridgehead atoms. The molecule has 1 heterocycles. The third-order valence-electron chi connectivity index (χ3n) is 3.80. The first-order chi connectivity index (χ1) is 11.8. The van der Waals surface area contributed by atoms with Crippen LogP contribution in [0.1, 0.15) is 22.4 Å². The third kappa shape index (κ3) is 3.80. The predicted octanol–water partition coefficient (Wildman–Crippen LogP) is 2.34. The minimum atomic E-state index is -0.597. The number of amides is 1. The number of nitriles is 1. The number of carbonyl (C=O) groups excluding carboxylic acids is 1. The summed E-state index contributed by atoms with van der Waals surface area (Å²) in [7, 11) is 1.46. The molecule has 0 saturated heterocycles. The molecule has 0 aliphatic carbocycles. The molecule has 1 N–H and O–H groups in total. The second-order valence-corrected chi connectivity index (χ2v) is 5.92. The van der Waals surface area contributed by atoms with Crippen LogP contribution >= 0.6 is 11.6 Å². The number of aryl methyl sites for hydroxylation is 2. The van der Waals surface area contributed by atoms with Crippen LogP contribution < -0.4 is 15.6 Å². The molecule has 0 spiro atoms. The Morgan fingerprint density at radius 3 is 2.68 bits per heavy atom. The molecule has 7 nitrogen and oxygen atoms in total. The molecule has 0 unspecified atom stereocenters. The summed E-state index contributed by atoms with van der Waals surface area (Å²) in [5.41, 5.74) is 1.63. The predicted molar refractivity (Wildman–Crippen MR) is 94.1 cm³/mol. The molecule has 25 heavy (non-hydrogen) atoms. The van der Waals surface area contributed by atoms with Gasteiger partial charge >= 0.3 is 0 Å². The fourth-order valence-corrected chi connectivity index (χ4v) is 2.42. The van der Waals surface area contributed by atoms with Gasteiger partial charge in [-0.1, -0.05) is 11.6 Å². The first-order valence-electron chi connectivity index (χ1n) is 7.40. The lowest BCUT2D eigenvalue weighted by Crippen LogP contribution is -2.32. The molecule has 2 rings (SSSR count). The summed E-state index contributed by atoms with van der Waals surface area (Å²) in [6, 6.07) is 5.13. The highest BCUT2D eigenvalue weighted by atomic mass is 35.5. The summed E-state index contributed by atoms with van der Waals surface area (Å²) in [5, 5.41) is 16.4. The van der Waals surface area contributed by atoms with Crippen LogP contribution in [0.4, 0.5) is 5.69 Å². The molecular weight excluding hydrogens is 344 g/mol. The van der Waals surface area contributed by atoms with Crippen molar-refractivity contribution in [2.75, 3.05) is 12.4 Å². The molecule has 0 aliphatic rings. The van der Waals surface area contributed by atoms with Gasteiger partial charge in [0.25, 0.3) is 5.56 Å². The van der Waals surface area contributed by atoms with Gasteiger partial charge in [-0.15, -0.1) is 0 Å². The summed E-state index contributed by atoms with van der Waals surface area (Å²) in [4.78, 5) is 24.6. The number of ether oxygens (including phenoxy) is 1. The molecule has 0 radical (unpaired) electrons. The second-order valence-electron chi connectivity index (χ2n) is 5.51. The van der Waals surface area contributed by atoms with Crippen LogP contribution in [0.25, 0.3) is 0 Å². The molecule has 0 fully saturated rings. The SMILES string of the molecule is COc1cc(Cl)c(C)cc1NC(=O)Cn1nc(C)c(C)c(C#N)c1=O. The number of nitrogens with zero attached hydrogens (tertiary/aromatic N) is 3. The van der Waals surface area contributed by atoms with Crippen molar-refractivity contribution in [2.45, 2.75) is 27.3 Å². The van der Waals surface area contributed by atoms with Crippen LogP contribution in [-0.4, -0.2) is 22.8 Å². The van der Waals surface area contributed by atoms with E-state index >= 15 is 0 Å². The van der Waals surface area contributed by atoms with Crippen molar-refractivity contribution in [1.82, 2.24) is 9.78 Å². The Bertz CT molecular complexity index is 944. The van der Waals surface area contributed by atoms with E-state index in [0.717, 1.165) is 10.2 Å². The Morgan fingerprint density at radius 1 is 1.40 bits per heavy atom. The van der Waals surface area contributed by atoms with Gasteiger partial charge in [0.05, 0.1) is 18.5 Å². The molecule has 2 aromatic rings. The number of methoxy groups -OCH3 is 1. The van der Waals surface area contributed by atoms with Crippen molar-refractivity contribution < 1.29 is 9.53 Å². The van der Waals surface area contributed by atoms with E-state index in [0.29, 0.717) is 27.7 Å². The van der Waals surface area contributed by atoms with E-state index in [2.05, 4.69) is 10.4 Å². The van der Waals surface area contributed by atoms with Gasteiger partial charge in [-0.25, -0.2) is 4.68 Å². The number of hydrogen-bond donors (Lipinski definition) is 1. The number of aromatic nitrogens is 2. The van der Waals surface area contributed by atoms with Crippen molar-refractivity contribution in [3.8, 4) is 11.8 Å². The van der Waals surface area contributed by atoms with Gasteiger partial charge < -0.3 is 10.1 Å². The maximum atomic E-state index is 12.3. The maximum Gasteiger partial charge on any atom is 0.285 e. The Hall–Kier alpha value is -2.85. The molecular formula is C17H17ClN4O3. The molecule has 130 valence electrons. The normalized spacial score (nSPS) is 10.2. The monoisotopic (exact) mass is 360 g/mol. The molecule has 1 aromatic heterocycles. The molecule has 1 aromatic carbocycles. The van der Waals surface area contributed by atoms with Crippen LogP contribution in [0, 0.1) is 32.1 Å². The van der Waals surface area contributed by atoms with Crippen molar-refractivity contribution >= 4 is 23.2 Å². The highest BCUT2D eigenvalue weighted by Crippen LogP contribution is 2.30. The smallest absolute Gasteiger partial charge is 0.285 e. The van der Waals surface area contributed by atoms with Gasteiger partial charge in [0.1, 0.15) is 23.9 Å². The zero-order valence-electron chi connectivity index (χ0n) is 14.3. The Labute approximate surface area is 149 Å². The van der Waals surface area contributed by atoms with Gasteiger partial charge in [0.2, 0.25) is 5.91 Å². The third-order valence-corrected chi connectivity index (χ3v) is 4.20. The van der Waals surface area contributed by atoms with Gasteiger partial charge in [-0.05, 0) is 38.0 Å². The van der Waals surface area contributed by atoms with Gasteiger partial charge in [-0.2, -0.15) is 10.4 Å². The lowest BCUT2D eigenvalue weighted by molar-refractivity contribution is -0.117. The fraction of sp³-hybridized carbons (Fsp3) is 0.294. The van der Waals surface area contributed by atoms with Gasteiger partial charge in [0.15, 0.2) is 0 Å². The van der Waals surface area contributed by atoms with Crippen molar-refractivity contribution in [3.63, 3.8) is 0 Å². The number of halogens is 1. The van der Waals surface area contributed by atoms with E-state index in [1.54, 1.807) is 32.9 Å². The molecule has 0 atom stereocenters. The van der Waals surface area contributed by atoms with E-state index in [1.807, 2.05) is 6.07 Å². The minimum Gasteiger partial charge on any atom is -0.495 e. The lowest BCUT2D eigenvalue weighted by Gasteiger charge is -2.13. The van der Waals surface area contributed by atoms with Crippen LogP contribution in [0.15, 0.2) is 16.9 Å². The first-order valence-corrected chi connectivity index (χ1v) is 7.78. The summed E-state index contributed by atoms with van der Waals surface area (Å²) in [6.07, 6.45) is 0. The van der Waals surface area contributed by atoms with Crippen LogP contribution in [0.5, 0.6) is 5.75 Å². The van der Waals surface area contributed by atoms with Crippen LogP contribution in [0.2, 0.25) is 5.02 Å². The van der Waals surface area contributed by atoms with E-state index in [4.69, 9.17) is 21.6 Å². The van der Waals surface area contributed by atoms with Crippen molar-refractivity contribution in [2.24, 2.45) is 0 Å². The summed E-state index contributed by atoms with van der Waals surface area (Å²) in [5.74, 6) is -0.0659. The molecule has 1 amide bonds. The zero-order chi connectivity index (χ0) is 18.7. The van der Waals surface area contributed by atoms with E-state index in [1.165, 1.54) is 7.11 Å². The standard InChI is InChI=1S/C17H17ClN4O3/c1-9-5-14(15(25-4)6-13(9)18)20-16(23)8-22-17(24)12(7-19)10(2)11(3)21-22/h5-6H,8H2,1-4H3,(H,20,23). The minimum absolute atomic E-state index is 0.0137. The Balaban J connectivity index is 2.31. The van der Waals surface area contributed by atoms with Gasteiger partial charge in [0, 0.05) is 11.1 Å². The largest absolute Gasteiger partial charge is 0.495 e. The number of nitrogens with one attached hydrogen (secondary N) is 1. The van der Waals surface area contributed by atoms with Crippen molar-refractivity contribution in [1.29, 1.82) is 5.26 Å². The number of benzene rings is 1. The van der Waals surface area contributed by atoms with Crippen molar-refractivity contribution in [3.05, 3.63) is 49.9 Å². The summed E-state index contributed by atoms with van der Waals surface area (Å²) < 4.78 is 6.18. The maximum absolute atomic E-state index is 12.3. The number of anilines is 1. The Morgan fingerprint density at radius 2 is 2.08 bits per heavy atom. The topological polar surface area (TPSA) is 97.0 Å². The lowest BCUT2D eigenvalue weighted by atomic mass is 10.1. The fourth-order valence-electron chi connectivity index (χ4n) is 2.27. The van der Waals surface area contributed by atoms with E-state index in [-0.39, 0.29) is 12.1 Å². The number of rotatable bonds is 4. The Kier molecular flexibility index (Phi) is 5.45. The zero-order valence-corrected chi connectivity index (χ0v) is 15.1. The van der Waals surface area contributed by atoms with Crippen LogP contribution in [0.3, 0.4) is 0 Å². The highest BCUT2D eigenvalue weighted by Gasteiger charge is 2.15. The van der Waals surface area contributed by atoms with E-state index < -0.39 is 11.5 Å². The average molecular weight is 361 g/mol. The van der Waals surface area contributed by atoms with Gasteiger partial charge in [-0.3, -0.25) is 9.59 Å². The molecule has 0 aliphatic heterocycles. The number of carbonyl (C=O) groups is 1. The summed E-state index contributed by atoms with van der Waals surface area (Å²) >= 11 is 6.04. The second kappa shape index (κ2) is 7.36. The number of hydrogen-bond acceptors (Lipinski definition) is 5. The quantitative estimate of drug-likeness (QED) is 0.902. The van der Waals surface area contributed by atoms with Crippen LogP contribution in [-0.2, 0) is 11.3 Å². The first kappa shape index (κ1) is 18.5. The molecule has 0 saturated carbocycles. The molecule has 8 heteroatoms. The summed E-state index contributed by atoms with van der Waals surface area (Å²) in [6.45, 7) is 4.80. The highest BCUT2D eigenvalue weighted by molar-refractivity contribution is 6.31. The average Bonchev–Trinajstić information content (AvgIpc) is 2.56.